The Balaban J connectivity index is 2.26. The maximum atomic E-state index is 12.3. The van der Waals surface area contributed by atoms with Crippen LogP contribution in [0.15, 0.2) is 16.7 Å². The number of hydrogen-bond acceptors (Lipinski definition) is 5. The van der Waals surface area contributed by atoms with Gasteiger partial charge in [-0.3, -0.25) is 4.79 Å². The minimum atomic E-state index is -0.882. The molecule has 2 atom stereocenters. The maximum absolute atomic E-state index is 12.3. The van der Waals surface area contributed by atoms with Gasteiger partial charge in [0, 0.05) is 30.8 Å². The van der Waals surface area contributed by atoms with Crippen molar-refractivity contribution < 1.29 is 15.0 Å². The van der Waals surface area contributed by atoms with Crippen molar-refractivity contribution in [1.82, 2.24) is 9.88 Å². The van der Waals surface area contributed by atoms with Gasteiger partial charge in [0.25, 0.3) is 5.91 Å². The largest absolute Gasteiger partial charge is 0.388 e. The summed E-state index contributed by atoms with van der Waals surface area (Å²) >= 11 is 3.27. The number of carbonyl (C=O) groups is 1. The number of β-amino-alcohol motifs (C(OH)–C–C–N with tert-alkyl or cyclic N) is 2. The third-order valence-corrected chi connectivity index (χ3v) is 3.30. The van der Waals surface area contributed by atoms with E-state index in [1.54, 1.807) is 19.3 Å². The van der Waals surface area contributed by atoms with Crippen LogP contribution in [0, 0.1) is 0 Å². The van der Waals surface area contributed by atoms with E-state index >= 15 is 0 Å². The summed E-state index contributed by atoms with van der Waals surface area (Å²) in [6.07, 6.45) is -0.171. The summed E-state index contributed by atoms with van der Waals surface area (Å²) in [5.74, 6) is 0.211. The summed E-state index contributed by atoms with van der Waals surface area (Å²) < 4.78 is 0.699. The van der Waals surface area contributed by atoms with Gasteiger partial charge in [0.05, 0.1) is 17.8 Å². The monoisotopic (exact) mass is 315 g/mol. The van der Waals surface area contributed by atoms with Crippen LogP contribution in [0.5, 0.6) is 0 Å². The normalized spacial score (nSPS) is 23.2. The highest BCUT2D eigenvalue weighted by atomic mass is 79.9. The van der Waals surface area contributed by atoms with Crippen LogP contribution >= 0.6 is 15.9 Å². The Hall–Kier alpha value is -1.18. The summed E-state index contributed by atoms with van der Waals surface area (Å²) in [4.78, 5) is 17.8. The van der Waals surface area contributed by atoms with Crippen LogP contribution in [-0.4, -0.2) is 58.3 Å². The molecule has 1 fully saturated rings. The maximum Gasteiger partial charge on any atom is 0.257 e. The van der Waals surface area contributed by atoms with E-state index in [-0.39, 0.29) is 19.0 Å². The Bertz CT molecular complexity index is 459. The van der Waals surface area contributed by atoms with Crippen molar-refractivity contribution in [2.75, 3.05) is 25.5 Å². The highest BCUT2D eigenvalue weighted by Gasteiger charge is 2.33. The van der Waals surface area contributed by atoms with E-state index in [0.717, 1.165) is 0 Å². The number of anilines is 1. The van der Waals surface area contributed by atoms with Gasteiger partial charge in [-0.05, 0) is 22.0 Å². The number of aliphatic hydroxyl groups excluding tert-OH is 2. The molecule has 0 radical (unpaired) electrons. The number of amides is 1. The molecule has 0 aliphatic carbocycles. The van der Waals surface area contributed by atoms with Crippen LogP contribution in [0.25, 0.3) is 0 Å². The molecule has 0 saturated carbocycles. The molecular formula is C11H14BrN3O3. The molecule has 0 aromatic carbocycles. The summed E-state index contributed by atoms with van der Waals surface area (Å²) in [5, 5.41) is 21.8. The molecule has 3 N–H and O–H groups in total. The summed E-state index contributed by atoms with van der Waals surface area (Å²) in [6, 6.07) is 1.66. The minimum absolute atomic E-state index is 0.135. The lowest BCUT2D eigenvalue weighted by atomic mass is 10.2. The van der Waals surface area contributed by atoms with Gasteiger partial charge in [0.2, 0.25) is 0 Å². The number of carbonyl (C=O) groups excluding carboxylic acids is 1. The first-order valence-corrected chi connectivity index (χ1v) is 6.31. The van der Waals surface area contributed by atoms with Crippen LogP contribution in [0.4, 0.5) is 5.82 Å². The Morgan fingerprint density at radius 3 is 2.67 bits per heavy atom. The molecule has 6 nitrogen and oxygen atoms in total. The predicted octanol–water partition coefficient (Wildman–Crippen LogP) is 0.0634. The zero-order chi connectivity index (χ0) is 13.3. The summed E-state index contributed by atoms with van der Waals surface area (Å²) in [5.41, 5.74) is 0.410. The molecule has 2 rings (SSSR count). The number of nitrogens with zero attached hydrogens (tertiary/aromatic N) is 2. The second kappa shape index (κ2) is 5.21. The molecule has 18 heavy (non-hydrogen) atoms. The molecule has 1 aliphatic heterocycles. The molecule has 2 unspecified atom stereocenters. The first kappa shape index (κ1) is 13.3. The van der Waals surface area contributed by atoms with Crippen molar-refractivity contribution in [3.05, 3.63) is 22.3 Å². The molecule has 1 saturated heterocycles. The van der Waals surface area contributed by atoms with Crippen LogP contribution in [-0.2, 0) is 0 Å². The van der Waals surface area contributed by atoms with Gasteiger partial charge < -0.3 is 20.4 Å². The lowest BCUT2D eigenvalue weighted by Gasteiger charge is -2.17. The number of pyridine rings is 1. The summed E-state index contributed by atoms with van der Waals surface area (Å²) in [7, 11) is 1.68. The first-order valence-electron chi connectivity index (χ1n) is 5.51. The van der Waals surface area contributed by atoms with Gasteiger partial charge >= 0.3 is 0 Å². The van der Waals surface area contributed by atoms with Crippen molar-refractivity contribution in [3.8, 4) is 0 Å². The topological polar surface area (TPSA) is 85.7 Å². The van der Waals surface area contributed by atoms with Gasteiger partial charge in [-0.1, -0.05) is 0 Å². The van der Waals surface area contributed by atoms with Crippen molar-refractivity contribution in [2.45, 2.75) is 12.2 Å². The molecule has 1 aromatic rings. The SMILES string of the molecule is CNc1ncc(Br)cc1C(=O)N1CC(O)C(O)C1. The summed E-state index contributed by atoms with van der Waals surface area (Å²) in [6.45, 7) is 0.269. The zero-order valence-corrected chi connectivity index (χ0v) is 11.4. The van der Waals surface area contributed by atoms with E-state index in [2.05, 4.69) is 26.2 Å². The number of aromatic nitrogens is 1. The van der Waals surface area contributed by atoms with Crippen molar-refractivity contribution >= 4 is 27.7 Å². The second-order valence-corrected chi connectivity index (χ2v) is 5.06. The predicted molar refractivity (Wildman–Crippen MR) is 69.4 cm³/mol. The third-order valence-electron chi connectivity index (χ3n) is 2.87. The van der Waals surface area contributed by atoms with Gasteiger partial charge in [-0.2, -0.15) is 0 Å². The quantitative estimate of drug-likeness (QED) is 0.719. The molecule has 1 amide bonds. The molecule has 0 bridgehead atoms. The molecule has 0 spiro atoms. The third kappa shape index (κ3) is 2.47. The highest BCUT2D eigenvalue weighted by molar-refractivity contribution is 9.10. The molecule has 1 aliphatic rings. The van der Waals surface area contributed by atoms with Crippen molar-refractivity contribution in [2.24, 2.45) is 0 Å². The van der Waals surface area contributed by atoms with Crippen LogP contribution in [0.2, 0.25) is 0 Å². The number of aliphatic hydroxyl groups is 2. The highest BCUT2D eigenvalue weighted by Crippen LogP contribution is 2.21. The molecule has 7 heteroatoms. The van der Waals surface area contributed by atoms with Gasteiger partial charge in [-0.15, -0.1) is 0 Å². The zero-order valence-electron chi connectivity index (χ0n) is 9.80. The van der Waals surface area contributed by atoms with Gasteiger partial charge in [-0.25, -0.2) is 4.98 Å². The molecule has 98 valence electrons. The fourth-order valence-electron chi connectivity index (χ4n) is 1.91. The molecule has 2 heterocycles. The Morgan fingerprint density at radius 2 is 2.11 bits per heavy atom. The first-order chi connectivity index (χ1) is 8.52. The van der Waals surface area contributed by atoms with E-state index in [4.69, 9.17) is 0 Å². The van der Waals surface area contributed by atoms with Crippen molar-refractivity contribution in [3.63, 3.8) is 0 Å². The molecule has 1 aromatic heterocycles. The lowest BCUT2D eigenvalue weighted by molar-refractivity contribution is 0.0572. The van der Waals surface area contributed by atoms with E-state index in [1.807, 2.05) is 0 Å². The minimum Gasteiger partial charge on any atom is -0.388 e. The number of hydrogen-bond donors (Lipinski definition) is 3. The van der Waals surface area contributed by atoms with E-state index in [0.29, 0.717) is 15.9 Å². The Morgan fingerprint density at radius 1 is 1.50 bits per heavy atom. The molecular weight excluding hydrogens is 302 g/mol. The average molecular weight is 316 g/mol. The van der Waals surface area contributed by atoms with E-state index in [1.165, 1.54) is 4.90 Å². The van der Waals surface area contributed by atoms with E-state index in [9.17, 15) is 15.0 Å². The van der Waals surface area contributed by atoms with Crippen LogP contribution in [0.3, 0.4) is 0 Å². The van der Waals surface area contributed by atoms with Crippen LogP contribution in [0.1, 0.15) is 10.4 Å². The standard InChI is InChI=1S/C11H14BrN3O3/c1-13-10-7(2-6(12)3-14-10)11(18)15-4-8(16)9(17)5-15/h2-3,8-9,16-17H,4-5H2,1H3,(H,13,14). The van der Waals surface area contributed by atoms with E-state index < -0.39 is 12.2 Å². The second-order valence-electron chi connectivity index (χ2n) is 4.14. The Kier molecular flexibility index (Phi) is 3.84. The fourth-order valence-corrected chi connectivity index (χ4v) is 2.24. The number of nitrogens with one attached hydrogen (secondary N) is 1. The number of halogens is 1. The van der Waals surface area contributed by atoms with Gasteiger partial charge in [0.15, 0.2) is 0 Å². The fraction of sp³-hybridized carbons (Fsp3) is 0.455. The lowest BCUT2D eigenvalue weighted by Crippen LogP contribution is -2.30. The smallest absolute Gasteiger partial charge is 0.257 e. The average Bonchev–Trinajstić information content (AvgIpc) is 2.68. The van der Waals surface area contributed by atoms with Crippen LogP contribution < -0.4 is 5.32 Å². The number of rotatable bonds is 2. The van der Waals surface area contributed by atoms with Gasteiger partial charge in [0.1, 0.15) is 5.82 Å². The van der Waals surface area contributed by atoms with Crippen molar-refractivity contribution in [1.29, 1.82) is 0 Å². The number of likely N-dealkylation sites (tertiary alicyclic amines) is 1. The Labute approximate surface area is 113 Å².